The molecule has 1 N–H and O–H groups in total. The second-order valence-electron chi connectivity index (χ2n) is 6.42. The fraction of sp³-hybridized carbons (Fsp3) is 0.579. The topological polar surface area (TPSA) is 49.4 Å². The zero-order chi connectivity index (χ0) is 17.4. The molecule has 0 spiro atoms. The van der Waals surface area contributed by atoms with Crippen LogP contribution in [0.25, 0.3) is 0 Å². The van der Waals surface area contributed by atoms with E-state index in [2.05, 4.69) is 29.6 Å². The van der Waals surface area contributed by atoms with Gasteiger partial charge in [-0.25, -0.2) is 0 Å². The Balaban J connectivity index is 2.08. The highest BCUT2D eigenvalue weighted by Gasteiger charge is 2.28. The Hall–Kier alpha value is -1.49. The molecule has 1 aliphatic rings. The van der Waals surface area contributed by atoms with Crippen LogP contribution >= 0.6 is 11.8 Å². The van der Waals surface area contributed by atoms with Crippen molar-refractivity contribution in [2.45, 2.75) is 44.6 Å². The van der Waals surface area contributed by atoms with Crippen molar-refractivity contribution in [2.75, 3.05) is 25.1 Å². The lowest BCUT2D eigenvalue weighted by Crippen LogP contribution is -2.49. The second-order valence-corrected chi connectivity index (χ2v) is 7.41. The van der Waals surface area contributed by atoms with Crippen molar-refractivity contribution in [3.8, 4) is 0 Å². The molecule has 24 heavy (non-hydrogen) atoms. The summed E-state index contributed by atoms with van der Waals surface area (Å²) in [5.41, 5.74) is 1.30. The van der Waals surface area contributed by atoms with Gasteiger partial charge in [0.25, 0.3) is 0 Å². The van der Waals surface area contributed by atoms with E-state index in [4.69, 9.17) is 0 Å². The van der Waals surface area contributed by atoms with Crippen LogP contribution in [0, 0.1) is 0 Å². The van der Waals surface area contributed by atoms with Crippen molar-refractivity contribution in [1.29, 1.82) is 0 Å². The van der Waals surface area contributed by atoms with E-state index in [-0.39, 0.29) is 11.8 Å². The lowest BCUT2D eigenvalue weighted by atomic mass is 9.94. The van der Waals surface area contributed by atoms with Gasteiger partial charge in [-0.2, -0.15) is 11.8 Å². The molecule has 0 aliphatic carbocycles. The molecule has 1 saturated heterocycles. The first-order valence-electron chi connectivity index (χ1n) is 8.71. The number of nitrogens with one attached hydrogen (secondary N) is 1. The number of amides is 2. The van der Waals surface area contributed by atoms with Gasteiger partial charge in [0.05, 0.1) is 0 Å². The standard InChI is InChI=1S/C19H28N2O2S/c1-15(22)20-18(11-13-24-2)19(23)21-12-7-6-10-17(14-21)16-8-4-3-5-9-16/h3-5,8-9,17-18H,6-7,10-14H2,1-2H3,(H,20,22)/t17-,18+/m1/s1. The van der Waals surface area contributed by atoms with E-state index in [0.29, 0.717) is 12.3 Å². The largest absolute Gasteiger partial charge is 0.345 e. The average molecular weight is 349 g/mol. The smallest absolute Gasteiger partial charge is 0.245 e. The Morgan fingerprint density at radius 3 is 2.71 bits per heavy atom. The highest BCUT2D eigenvalue weighted by Crippen LogP contribution is 2.26. The van der Waals surface area contributed by atoms with Crippen LogP contribution in [-0.2, 0) is 9.59 Å². The Labute approximate surface area is 149 Å². The van der Waals surface area contributed by atoms with Crippen molar-refractivity contribution in [3.63, 3.8) is 0 Å². The van der Waals surface area contributed by atoms with Gasteiger partial charge in [-0.15, -0.1) is 0 Å². The normalized spacial score (nSPS) is 19.4. The van der Waals surface area contributed by atoms with E-state index < -0.39 is 6.04 Å². The van der Waals surface area contributed by atoms with Gasteiger partial charge in [-0.1, -0.05) is 36.8 Å². The summed E-state index contributed by atoms with van der Waals surface area (Å²) in [6, 6.07) is 10.0. The molecule has 0 unspecified atom stereocenters. The number of thioether (sulfide) groups is 1. The number of hydrogen-bond acceptors (Lipinski definition) is 3. The Kier molecular flexibility index (Phi) is 7.63. The summed E-state index contributed by atoms with van der Waals surface area (Å²) in [6.07, 6.45) is 5.99. The predicted octanol–water partition coefficient (Wildman–Crippen LogP) is 3.04. The number of hydrogen-bond donors (Lipinski definition) is 1. The van der Waals surface area contributed by atoms with Gasteiger partial charge in [-0.05, 0) is 36.8 Å². The molecule has 132 valence electrons. The van der Waals surface area contributed by atoms with Crippen LogP contribution in [0.4, 0.5) is 0 Å². The first-order chi connectivity index (χ1) is 11.6. The Morgan fingerprint density at radius 2 is 2.04 bits per heavy atom. The number of carbonyl (C=O) groups is 2. The van der Waals surface area contributed by atoms with Crippen LogP contribution in [0.1, 0.15) is 44.1 Å². The number of likely N-dealkylation sites (tertiary alicyclic amines) is 1. The number of nitrogens with zero attached hydrogens (tertiary/aromatic N) is 1. The maximum absolute atomic E-state index is 13.0. The first kappa shape index (κ1) is 18.8. The third-order valence-corrected chi connectivity index (χ3v) is 5.18. The van der Waals surface area contributed by atoms with Crippen LogP contribution in [-0.4, -0.2) is 47.9 Å². The van der Waals surface area contributed by atoms with E-state index in [0.717, 1.165) is 38.1 Å². The van der Waals surface area contributed by atoms with Crippen molar-refractivity contribution in [1.82, 2.24) is 10.2 Å². The Bertz CT molecular complexity index is 535. The minimum Gasteiger partial charge on any atom is -0.345 e. The molecule has 0 saturated carbocycles. The van der Waals surface area contributed by atoms with Gasteiger partial charge < -0.3 is 10.2 Å². The summed E-state index contributed by atoms with van der Waals surface area (Å²) >= 11 is 1.70. The second kappa shape index (κ2) is 9.72. The summed E-state index contributed by atoms with van der Waals surface area (Å²) in [5.74, 6) is 1.19. The Morgan fingerprint density at radius 1 is 1.29 bits per heavy atom. The van der Waals surface area contributed by atoms with E-state index in [1.165, 1.54) is 12.5 Å². The molecule has 1 aromatic carbocycles. The van der Waals surface area contributed by atoms with Gasteiger partial charge in [0.15, 0.2) is 0 Å². The first-order valence-corrected chi connectivity index (χ1v) is 10.1. The summed E-state index contributed by atoms with van der Waals surface area (Å²) < 4.78 is 0. The maximum Gasteiger partial charge on any atom is 0.245 e. The molecular formula is C19H28N2O2S. The fourth-order valence-electron chi connectivity index (χ4n) is 3.30. The van der Waals surface area contributed by atoms with Crippen LogP contribution < -0.4 is 5.32 Å². The van der Waals surface area contributed by atoms with E-state index in [1.54, 1.807) is 11.8 Å². The number of rotatable bonds is 6. The van der Waals surface area contributed by atoms with Gasteiger partial charge in [-0.3, -0.25) is 9.59 Å². The quantitative estimate of drug-likeness (QED) is 0.860. The number of benzene rings is 1. The van der Waals surface area contributed by atoms with Gasteiger partial charge in [0.2, 0.25) is 11.8 Å². The fourth-order valence-corrected chi connectivity index (χ4v) is 3.77. The van der Waals surface area contributed by atoms with Gasteiger partial charge in [0, 0.05) is 25.9 Å². The summed E-state index contributed by atoms with van der Waals surface area (Å²) in [4.78, 5) is 26.4. The molecule has 1 aromatic rings. The summed E-state index contributed by atoms with van der Waals surface area (Å²) in [5, 5.41) is 2.84. The molecular weight excluding hydrogens is 320 g/mol. The minimum atomic E-state index is -0.399. The van der Waals surface area contributed by atoms with Crippen molar-refractivity contribution in [3.05, 3.63) is 35.9 Å². The van der Waals surface area contributed by atoms with Gasteiger partial charge >= 0.3 is 0 Å². The molecule has 1 aliphatic heterocycles. The lowest BCUT2D eigenvalue weighted by molar-refractivity contribution is -0.136. The van der Waals surface area contributed by atoms with Crippen LogP contribution in [0.15, 0.2) is 30.3 Å². The van der Waals surface area contributed by atoms with Crippen LogP contribution in [0.5, 0.6) is 0 Å². The monoisotopic (exact) mass is 348 g/mol. The van der Waals surface area contributed by atoms with Crippen LogP contribution in [0.2, 0.25) is 0 Å². The molecule has 2 atom stereocenters. The van der Waals surface area contributed by atoms with E-state index >= 15 is 0 Å². The van der Waals surface area contributed by atoms with Crippen LogP contribution in [0.3, 0.4) is 0 Å². The zero-order valence-corrected chi connectivity index (χ0v) is 15.5. The summed E-state index contributed by atoms with van der Waals surface area (Å²) in [7, 11) is 0. The predicted molar refractivity (Wildman–Crippen MR) is 100 cm³/mol. The molecule has 1 fully saturated rings. The third kappa shape index (κ3) is 5.55. The minimum absolute atomic E-state index is 0.0714. The molecule has 0 bridgehead atoms. The van der Waals surface area contributed by atoms with Crippen molar-refractivity contribution < 1.29 is 9.59 Å². The van der Waals surface area contributed by atoms with E-state index in [1.807, 2.05) is 17.2 Å². The molecule has 2 amide bonds. The molecule has 0 aromatic heterocycles. The average Bonchev–Trinajstić information content (AvgIpc) is 2.84. The highest BCUT2D eigenvalue weighted by atomic mass is 32.2. The summed E-state index contributed by atoms with van der Waals surface area (Å²) in [6.45, 7) is 3.02. The SMILES string of the molecule is CSCC[C@H](NC(C)=O)C(=O)N1CCCC[C@@H](c2ccccc2)C1. The van der Waals surface area contributed by atoms with Crippen molar-refractivity contribution >= 4 is 23.6 Å². The van der Waals surface area contributed by atoms with Crippen molar-refractivity contribution in [2.24, 2.45) is 0 Å². The lowest BCUT2D eigenvalue weighted by Gasteiger charge is -2.29. The molecule has 2 rings (SSSR count). The molecule has 1 heterocycles. The highest BCUT2D eigenvalue weighted by molar-refractivity contribution is 7.98. The molecule has 5 heteroatoms. The zero-order valence-electron chi connectivity index (χ0n) is 14.7. The number of carbonyl (C=O) groups excluding carboxylic acids is 2. The third-order valence-electron chi connectivity index (χ3n) is 4.54. The molecule has 4 nitrogen and oxygen atoms in total. The van der Waals surface area contributed by atoms with Gasteiger partial charge in [0.1, 0.15) is 6.04 Å². The van der Waals surface area contributed by atoms with E-state index in [9.17, 15) is 9.59 Å². The maximum atomic E-state index is 13.0. The molecule has 0 radical (unpaired) electrons.